The maximum Gasteiger partial charge on any atom is 0.164 e. The molecule has 11 rings (SSSR count). The Hall–Kier alpha value is -6.23. The summed E-state index contributed by atoms with van der Waals surface area (Å²) >= 11 is 1.87. The summed E-state index contributed by atoms with van der Waals surface area (Å²) in [7, 11) is 0. The number of para-hydroxylation sites is 1. The first-order valence-electron chi connectivity index (χ1n) is 17.2. The van der Waals surface area contributed by atoms with E-state index in [-0.39, 0.29) is 0 Å². The molecule has 51 heavy (non-hydrogen) atoms. The standard InChI is InChI=1S/C47H28N2OS/c1-3-14-29(15-4-1)40-28-41(30-16-5-2-6-17-30)49-46(48-40)33-20-13-19-32-35-26-39-34(27-42(35)50-45(32)33)31-18-7-8-21-36(31)47(39)37-22-9-11-24-43(37)51-44-25-12-10-23-38(44)47/h1-28H. The predicted octanol–water partition coefficient (Wildman–Crippen LogP) is 12.2. The Bertz CT molecular complexity index is 2740. The highest BCUT2D eigenvalue weighted by Crippen LogP contribution is 2.62. The summed E-state index contributed by atoms with van der Waals surface area (Å²) < 4.78 is 6.90. The highest BCUT2D eigenvalue weighted by Gasteiger charge is 2.50. The maximum atomic E-state index is 6.90. The molecule has 3 heterocycles. The minimum atomic E-state index is -0.447. The van der Waals surface area contributed by atoms with Gasteiger partial charge in [-0.05, 0) is 69.8 Å². The molecule has 0 unspecified atom stereocenters. The summed E-state index contributed by atoms with van der Waals surface area (Å²) in [4.78, 5) is 12.9. The van der Waals surface area contributed by atoms with Gasteiger partial charge >= 0.3 is 0 Å². The van der Waals surface area contributed by atoms with Crippen LogP contribution in [-0.4, -0.2) is 9.97 Å². The van der Waals surface area contributed by atoms with Gasteiger partial charge in [0, 0.05) is 31.7 Å². The van der Waals surface area contributed by atoms with Crippen LogP contribution in [0, 0.1) is 0 Å². The molecule has 0 atom stereocenters. The Morgan fingerprint density at radius 3 is 1.67 bits per heavy atom. The number of aromatic nitrogens is 2. The van der Waals surface area contributed by atoms with Gasteiger partial charge in [0.05, 0.1) is 22.4 Å². The molecule has 0 N–H and O–H groups in total. The number of hydrogen-bond acceptors (Lipinski definition) is 4. The first-order valence-corrected chi connectivity index (χ1v) is 18.1. The molecule has 2 aromatic heterocycles. The van der Waals surface area contributed by atoms with Gasteiger partial charge < -0.3 is 4.42 Å². The minimum absolute atomic E-state index is 0.447. The zero-order valence-corrected chi connectivity index (χ0v) is 28.2. The van der Waals surface area contributed by atoms with Crippen LogP contribution in [0.2, 0.25) is 0 Å². The molecule has 4 heteroatoms. The second kappa shape index (κ2) is 10.9. The van der Waals surface area contributed by atoms with Crippen molar-refractivity contribution < 1.29 is 4.42 Å². The van der Waals surface area contributed by atoms with Crippen LogP contribution in [0.1, 0.15) is 22.3 Å². The van der Waals surface area contributed by atoms with Crippen molar-refractivity contribution in [1.29, 1.82) is 0 Å². The molecule has 7 aromatic carbocycles. The first-order chi connectivity index (χ1) is 25.3. The fraction of sp³-hybridized carbons (Fsp3) is 0.0213. The molecule has 3 nitrogen and oxygen atoms in total. The molecule has 2 aliphatic rings. The van der Waals surface area contributed by atoms with Crippen LogP contribution in [0.4, 0.5) is 0 Å². The van der Waals surface area contributed by atoms with Gasteiger partial charge in [0.25, 0.3) is 0 Å². The first kappa shape index (κ1) is 28.6. The van der Waals surface area contributed by atoms with E-state index in [0.717, 1.165) is 50.0 Å². The van der Waals surface area contributed by atoms with Gasteiger partial charge in [0.15, 0.2) is 5.82 Å². The normalized spacial score (nSPS) is 13.6. The van der Waals surface area contributed by atoms with E-state index in [1.165, 1.54) is 43.2 Å². The largest absolute Gasteiger partial charge is 0.455 e. The molecular formula is C47H28N2OS. The molecule has 1 spiro atoms. The SMILES string of the molecule is c1ccc(-c2cc(-c3ccccc3)nc(-c3cccc4c3oc3cc5c(cc34)C3(c4ccccc4Sc4ccccc43)c3ccccc3-5)n2)cc1. The Morgan fingerprint density at radius 2 is 1.00 bits per heavy atom. The summed E-state index contributed by atoms with van der Waals surface area (Å²) in [5, 5.41) is 2.15. The lowest BCUT2D eigenvalue weighted by Crippen LogP contribution is -2.31. The lowest BCUT2D eigenvalue weighted by molar-refractivity contribution is 0.669. The molecule has 0 radical (unpaired) electrons. The van der Waals surface area contributed by atoms with Crippen molar-refractivity contribution in [2.75, 3.05) is 0 Å². The lowest BCUT2D eigenvalue weighted by Gasteiger charge is -2.39. The highest BCUT2D eigenvalue weighted by atomic mass is 32.2. The average Bonchev–Trinajstić information content (AvgIpc) is 3.71. The smallest absolute Gasteiger partial charge is 0.164 e. The van der Waals surface area contributed by atoms with E-state index in [4.69, 9.17) is 14.4 Å². The van der Waals surface area contributed by atoms with Crippen LogP contribution in [0.25, 0.3) is 67.0 Å². The van der Waals surface area contributed by atoms with Crippen molar-refractivity contribution in [2.45, 2.75) is 15.2 Å². The molecule has 0 saturated heterocycles. The van der Waals surface area contributed by atoms with Gasteiger partial charge in [0.2, 0.25) is 0 Å². The predicted molar refractivity (Wildman–Crippen MR) is 207 cm³/mol. The summed E-state index contributed by atoms with van der Waals surface area (Å²) in [5.41, 5.74) is 13.6. The highest BCUT2D eigenvalue weighted by molar-refractivity contribution is 7.99. The molecule has 0 amide bonds. The maximum absolute atomic E-state index is 6.90. The quantitative estimate of drug-likeness (QED) is 0.188. The van der Waals surface area contributed by atoms with Gasteiger partial charge in [-0.15, -0.1) is 0 Å². The summed E-state index contributed by atoms with van der Waals surface area (Å²) in [6, 6.07) is 60.5. The molecule has 9 aromatic rings. The molecular weight excluding hydrogens is 641 g/mol. The van der Waals surface area contributed by atoms with Crippen LogP contribution in [0.3, 0.4) is 0 Å². The molecule has 1 aliphatic heterocycles. The number of fused-ring (bicyclic) bond motifs is 12. The van der Waals surface area contributed by atoms with Crippen LogP contribution >= 0.6 is 11.8 Å². The number of furan rings is 1. The van der Waals surface area contributed by atoms with Crippen molar-refractivity contribution in [2.24, 2.45) is 0 Å². The van der Waals surface area contributed by atoms with Gasteiger partial charge in [-0.3, -0.25) is 0 Å². The van der Waals surface area contributed by atoms with Crippen LogP contribution in [0.5, 0.6) is 0 Å². The summed E-state index contributed by atoms with van der Waals surface area (Å²) in [6.45, 7) is 0. The van der Waals surface area contributed by atoms with Crippen molar-refractivity contribution in [3.63, 3.8) is 0 Å². The molecule has 0 fully saturated rings. The van der Waals surface area contributed by atoms with Crippen molar-refractivity contribution >= 4 is 33.7 Å². The van der Waals surface area contributed by atoms with Crippen molar-refractivity contribution in [3.8, 4) is 45.0 Å². The van der Waals surface area contributed by atoms with Gasteiger partial charge in [-0.25, -0.2) is 9.97 Å². The third-order valence-corrected chi connectivity index (χ3v) is 11.7. The van der Waals surface area contributed by atoms with Gasteiger partial charge in [-0.2, -0.15) is 0 Å². The number of benzene rings is 7. The fourth-order valence-corrected chi connectivity index (χ4v) is 9.59. The van der Waals surface area contributed by atoms with Crippen LogP contribution in [-0.2, 0) is 5.41 Å². The molecule has 0 bridgehead atoms. The molecule has 238 valence electrons. The van der Waals surface area contributed by atoms with Crippen molar-refractivity contribution in [3.05, 3.63) is 192 Å². The zero-order valence-electron chi connectivity index (χ0n) is 27.4. The van der Waals surface area contributed by atoms with E-state index in [1.807, 2.05) is 48.2 Å². The van der Waals surface area contributed by atoms with E-state index < -0.39 is 5.41 Å². The molecule has 0 saturated carbocycles. The van der Waals surface area contributed by atoms with Crippen LogP contribution < -0.4 is 0 Å². The Balaban J connectivity index is 1.19. The number of rotatable bonds is 3. The average molecular weight is 669 g/mol. The topological polar surface area (TPSA) is 38.9 Å². The molecule has 1 aliphatic carbocycles. The fourth-order valence-electron chi connectivity index (χ4n) is 8.40. The summed E-state index contributed by atoms with van der Waals surface area (Å²) in [5.74, 6) is 0.640. The minimum Gasteiger partial charge on any atom is -0.455 e. The Labute approximate surface area is 299 Å². The van der Waals surface area contributed by atoms with E-state index >= 15 is 0 Å². The van der Waals surface area contributed by atoms with Crippen LogP contribution in [0.15, 0.2) is 184 Å². The van der Waals surface area contributed by atoms with E-state index in [1.54, 1.807) is 0 Å². The lowest BCUT2D eigenvalue weighted by atomic mass is 9.67. The number of hydrogen-bond donors (Lipinski definition) is 0. The zero-order chi connectivity index (χ0) is 33.5. The third-order valence-electron chi connectivity index (χ3n) is 10.6. The number of nitrogens with zero attached hydrogens (tertiary/aromatic N) is 2. The summed E-state index contributed by atoms with van der Waals surface area (Å²) in [6.07, 6.45) is 0. The Morgan fingerprint density at radius 1 is 0.431 bits per heavy atom. The Kier molecular flexibility index (Phi) is 6.10. The monoisotopic (exact) mass is 668 g/mol. The third kappa shape index (κ3) is 4.08. The van der Waals surface area contributed by atoms with E-state index in [2.05, 4.69) is 133 Å². The second-order valence-electron chi connectivity index (χ2n) is 13.3. The second-order valence-corrected chi connectivity index (χ2v) is 14.3. The van der Waals surface area contributed by atoms with Gasteiger partial charge in [-0.1, -0.05) is 145 Å². The van der Waals surface area contributed by atoms with E-state index in [0.29, 0.717) is 5.82 Å². The van der Waals surface area contributed by atoms with Crippen molar-refractivity contribution in [1.82, 2.24) is 9.97 Å². The van der Waals surface area contributed by atoms with Gasteiger partial charge in [0.1, 0.15) is 11.2 Å². The van der Waals surface area contributed by atoms with E-state index in [9.17, 15) is 0 Å².